The van der Waals surface area contributed by atoms with Crippen LogP contribution in [0, 0.1) is 11.3 Å². The first-order valence-electron chi connectivity index (χ1n) is 9.50. The second kappa shape index (κ2) is 7.31. The highest BCUT2D eigenvalue weighted by molar-refractivity contribution is 7.84. The molecule has 0 spiro atoms. The summed E-state index contributed by atoms with van der Waals surface area (Å²) in [6, 6.07) is 12.0. The molecule has 1 aliphatic rings. The fourth-order valence-electron chi connectivity index (χ4n) is 3.82. The molecule has 0 bridgehead atoms. The maximum atomic E-state index is 11.8. The molecular weight excluding hydrogens is 398 g/mol. The lowest BCUT2D eigenvalue weighted by atomic mass is 10.1. The minimum Gasteiger partial charge on any atom is -0.358 e. The number of rotatable bonds is 5. The van der Waals surface area contributed by atoms with Gasteiger partial charge in [0, 0.05) is 39.7 Å². The fourth-order valence-corrected chi connectivity index (χ4v) is 4.34. The van der Waals surface area contributed by atoms with Gasteiger partial charge in [-0.3, -0.25) is 8.89 Å². The number of aromatic amines is 1. The molecule has 5 rings (SSSR count). The summed E-state index contributed by atoms with van der Waals surface area (Å²) < 4.78 is 13.6. The molecule has 3 aromatic heterocycles. The van der Waals surface area contributed by atoms with Crippen molar-refractivity contribution in [3.8, 4) is 6.07 Å². The Hall–Kier alpha value is -3.64. The van der Waals surface area contributed by atoms with Crippen LogP contribution in [0.2, 0.25) is 0 Å². The van der Waals surface area contributed by atoms with Crippen LogP contribution < -0.4 is 10.2 Å². The molecule has 4 heterocycles. The molecule has 0 aliphatic carbocycles. The SMILES string of the molecule is CS(=O)c1ccc(C2Nc3cnc4[nH]ccc4c3N2c2cnn(CCC#N)c2)cc1. The van der Waals surface area contributed by atoms with Crippen LogP contribution in [0.15, 0.2) is 60.0 Å². The zero-order valence-corrected chi connectivity index (χ0v) is 17.1. The number of hydrogen-bond donors (Lipinski definition) is 2. The first-order valence-corrected chi connectivity index (χ1v) is 11.1. The monoisotopic (exact) mass is 417 g/mol. The lowest BCUT2D eigenvalue weighted by Gasteiger charge is -2.26. The molecule has 1 aromatic carbocycles. The normalized spacial score (nSPS) is 16.3. The smallest absolute Gasteiger partial charge is 0.139 e. The summed E-state index contributed by atoms with van der Waals surface area (Å²) >= 11 is 0. The fraction of sp³-hybridized carbons (Fsp3) is 0.190. The lowest BCUT2D eigenvalue weighted by Crippen LogP contribution is -2.23. The van der Waals surface area contributed by atoms with E-state index in [4.69, 9.17) is 5.26 Å². The zero-order chi connectivity index (χ0) is 20.7. The number of pyridine rings is 1. The Bertz CT molecular complexity index is 1280. The van der Waals surface area contributed by atoms with Gasteiger partial charge in [-0.15, -0.1) is 0 Å². The van der Waals surface area contributed by atoms with Crippen molar-refractivity contribution >= 4 is 38.9 Å². The second-order valence-corrected chi connectivity index (χ2v) is 8.45. The van der Waals surface area contributed by atoms with Crippen molar-refractivity contribution in [2.45, 2.75) is 24.0 Å². The quantitative estimate of drug-likeness (QED) is 0.514. The van der Waals surface area contributed by atoms with Gasteiger partial charge in [0.15, 0.2) is 0 Å². The van der Waals surface area contributed by atoms with Crippen molar-refractivity contribution in [3.05, 3.63) is 60.7 Å². The van der Waals surface area contributed by atoms with Gasteiger partial charge in [-0.25, -0.2) is 4.98 Å². The molecular formula is C21H19N7OS. The minimum atomic E-state index is -1.02. The standard InChI is InChI=1S/C21H19N7OS/c1-30(29)16-5-3-14(4-6-16)21-26-18-12-24-20-17(7-9-23-20)19(18)28(21)15-11-25-27(13-15)10-2-8-22/h3-7,9,11-13,21,26H,2,10H2,1H3,(H,23,24). The van der Waals surface area contributed by atoms with Crippen LogP contribution in [0.3, 0.4) is 0 Å². The van der Waals surface area contributed by atoms with Gasteiger partial charge in [-0.05, 0) is 23.8 Å². The second-order valence-electron chi connectivity index (χ2n) is 7.07. The van der Waals surface area contributed by atoms with Gasteiger partial charge in [-0.2, -0.15) is 10.4 Å². The van der Waals surface area contributed by atoms with E-state index in [1.54, 1.807) is 10.9 Å². The van der Waals surface area contributed by atoms with Crippen LogP contribution in [-0.2, 0) is 17.3 Å². The van der Waals surface area contributed by atoms with Gasteiger partial charge in [-0.1, -0.05) is 12.1 Å². The van der Waals surface area contributed by atoms with Gasteiger partial charge >= 0.3 is 0 Å². The van der Waals surface area contributed by atoms with E-state index in [-0.39, 0.29) is 6.17 Å². The highest BCUT2D eigenvalue weighted by atomic mass is 32.2. The molecule has 8 nitrogen and oxygen atoms in total. The Kier molecular flexibility index (Phi) is 4.48. The summed E-state index contributed by atoms with van der Waals surface area (Å²) in [4.78, 5) is 10.7. The van der Waals surface area contributed by atoms with Gasteiger partial charge in [0.1, 0.15) is 11.8 Å². The Balaban J connectivity index is 1.62. The van der Waals surface area contributed by atoms with Crippen LogP contribution in [0.1, 0.15) is 18.2 Å². The van der Waals surface area contributed by atoms with Crippen LogP contribution in [-0.4, -0.2) is 30.2 Å². The first-order chi connectivity index (χ1) is 14.7. The molecule has 0 amide bonds. The van der Waals surface area contributed by atoms with Crippen molar-refractivity contribution < 1.29 is 4.21 Å². The number of aromatic nitrogens is 4. The molecule has 0 fully saturated rings. The summed E-state index contributed by atoms with van der Waals surface area (Å²) in [5.41, 5.74) is 4.72. The van der Waals surface area contributed by atoms with Crippen LogP contribution in [0.5, 0.6) is 0 Å². The van der Waals surface area contributed by atoms with E-state index in [1.807, 2.05) is 55.1 Å². The average molecular weight is 417 g/mol. The summed E-state index contributed by atoms with van der Waals surface area (Å²) in [7, 11) is -1.02. The third-order valence-corrected chi connectivity index (χ3v) is 6.16. The number of nitriles is 1. The zero-order valence-electron chi connectivity index (χ0n) is 16.2. The number of fused-ring (bicyclic) bond motifs is 3. The molecule has 0 saturated heterocycles. The van der Waals surface area contributed by atoms with Crippen LogP contribution >= 0.6 is 0 Å². The third-order valence-electron chi connectivity index (χ3n) is 5.23. The minimum absolute atomic E-state index is 0.171. The van der Waals surface area contributed by atoms with Crippen molar-refractivity contribution in [2.24, 2.45) is 0 Å². The van der Waals surface area contributed by atoms with E-state index in [2.05, 4.69) is 31.4 Å². The third kappa shape index (κ3) is 3.02. The number of aryl methyl sites for hydroxylation is 1. The highest BCUT2D eigenvalue weighted by Gasteiger charge is 2.34. The lowest BCUT2D eigenvalue weighted by molar-refractivity contribution is 0.627. The summed E-state index contributed by atoms with van der Waals surface area (Å²) in [6.07, 6.45) is 9.39. The summed E-state index contributed by atoms with van der Waals surface area (Å²) in [6.45, 7) is 0.544. The molecule has 2 N–H and O–H groups in total. The Labute approximate surface area is 175 Å². The average Bonchev–Trinajstić information content (AvgIpc) is 3.48. The maximum Gasteiger partial charge on any atom is 0.139 e. The van der Waals surface area contributed by atoms with E-state index < -0.39 is 10.8 Å². The molecule has 2 atom stereocenters. The highest BCUT2D eigenvalue weighted by Crippen LogP contribution is 2.48. The Morgan fingerprint density at radius 1 is 1.23 bits per heavy atom. The van der Waals surface area contributed by atoms with Crippen molar-refractivity contribution in [2.75, 3.05) is 16.5 Å². The van der Waals surface area contributed by atoms with E-state index in [9.17, 15) is 4.21 Å². The van der Waals surface area contributed by atoms with E-state index in [0.717, 1.165) is 38.6 Å². The predicted octanol–water partition coefficient (Wildman–Crippen LogP) is 3.67. The van der Waals surface area contributed by atoms with Crippen LogP contribution in [0.25, 0.3) is 11.0 Å². The molecule has 150 valence electrons. The number of nitrogens with one attached hydrogen (secondary N) is 2. The van der Waals surface area contributed by atoms with Gasteiger partial charge in [0.05, 0.1) is 48.5 Å². The molecule has 0 radical (unpaired) electrons. The summed E-state index contributed by atoms with van der Waals surface area (Å²) in [5.74, 6) is 0. The first kappa shape index (κ1) is 18.4. The number of hydrogen-bond acceptors (Lipinski definition) is 6. The molecule has 2 unspecified atom stereocenters. The van der Waals surface area contributed by atoms with Crippen molar-refractivity contribution in [3.63, 3.8) is 0 Å². The predicted molar refractivity (Wildman–Crippen MR) is 116 cm³/mol. The number of nitrogens with zero attached hydrogens (tertiary/aromatic N) is 5. The van der Waals surface area contributed by atoms with Crippen molar-refractivity contribution in [1.82, 2.24) is 19.7 Å². The Morgan fingerprint density at radius 2 is 2.07 bits per heavy atom. The summed E-state index contributed by atoms with van der Waals surface area (Å²) in [5, 5.41) is 17.9. The number of anilines is 3. The van der Waals surface area contributed by atoms with Crippen molar-refractivity contribution in [1.29, 1.82) is 5.26 Å². The van der Waals surface area contributed by atoms with Gasteiger partial charge in [0.2, 0.25) is 0 Å². The maximum absolute atomic E-state index is 11.8. The number of H-pyrrole nitrogens is 1. The molecule has 1 aliphatic heterocycles. The van der Waals surface area contributed by atoms with E-state index in [0.29, 0.717) is 13.0 Å². The van der Waals surface area contributed by atoms with E-state index in [1.165, 1.54) is 0 Å². The molecule has 30 heavy (non-hydrogen) atoms. The van der Waals surface area contributed by atoms with Gasteiger partial charge in [0.25, 0.3) is 0 Å². The molecule has 4 aromatic rings. The van der Waals surface area contributed by atoms with E-state index >= 15 is 0 Å². The molecule has 0 saturated carbocycles. The molecule has 9 heteroatoms. The topological polar surface area (TPSA) is 103 Å². The number of benzene rings is 1. The largest absolute Gasteiger partial charge is 0.358 e. The van der Waals surface area contributed by atoms with Crippen LogP contribution in [0.4, 0.5) is 17.1 Å². The van der Waals surface area contributed by atoms with Gasteiger partial charge < -0.3 is 15.2 Å². The Morgan fingerprint density at radius 3 is 2.83 bits per heavy atom.